The Hall–Kier alpha value is -0.910. The molecule has 1 aliphatic heterocycles. The van der Waals surface area contributed by atoms with Gasteiger partial charge in [0, 0.05) is 23.0 Å². The number of nitrogens with one attached hydrogen (secondary N) is 2. The number of hydrogen-bond donors (Lipinski definition) is 3. The lowest BCUT2D eigenvalue weighted by Crippen LogP contribution is -2.44. The summed E-state index contributed by atoms with van der Waals surface area (Å²) in [6, 6.07) is 5.02. The topological polar surface area (TPSA) is 61.4 Å². The minimum Gasteiger partial charge on any atom is -0.387 e. The maximum absolute atomic E-state index is 11.7. The molecule has 4 nitrogen and oxygen atoms in total. The standard InChI is InChI=1S/C13H17ClN2O2S/c1-9-2-3-10(6-11(9)14)16-12(17)15-7-13(18)4-5-19-8-13/h2-3,6,18H,4-5,7-8H2,1H3,(H2,15,16,17). The second-order valence-electron chi connectivity index (χ2n) is 4.80. The van der Waals surface area contributed by atoms with Gasteiger partial charge in [-0.3, -0.25) is 0 Å². The number of hydrogen-bond acceptors (Lipinski definition) is 3. The predicted octanol–water partition coefficient (Wildman–Crippen LogP) is 2.64. The van der Waals surface area contributed by atoms with E-state index >= 15 is 0 Å². The van der Waals surface area contributed by atoms with Crippen molar-refractivity contribution in [3.8, 4) is 0 Å². The summed E-state index contributed by atoms with van der Waals surface area (Å²) in [5.41, 5.74) is 0.832. The van der Waals surface area contributed by atoms with Crippen LogP contribution in [0.3, 0.4) is 0 Å². The fourth-order valence-electron chi connectivity index (χ4n) is 1.83. The first kappa shape index (κ1) is 14.5. The van der Waals surface area contributed by atoms with Crippen LogP contribution in [0.5, 0.6) is 0 Å². The number of carbonyl (C=O) groups is 1. The van der Waals surface area contributed by atoms with Crippen molar-refractivity contribution in [3.63, 3.8) is 0 Å². The van der Waals surface area contributed by atoms with Gasteiger partial charge in [-0.25, -0.2) is 4.79 Å². The van der Waals surface area contributed by atoms with Crippen LogP contribution in [0.15, 0.2) is 18.2 Å². The van der Waals surface area contributed by atoms with Crippen LogP contribution in [0.25, 0.3) is 0 Å². The number of rotatable bonds is 3. The molecule has 0 bridgehead atoms. The van der Waals surface area contributed by atoms with E-state index in [0.29, 0.717) is 22.9 Å². The zero-order valence-corrected chi connectivity index (χ0v) is 12.3. The molecule has 1 aromatic carbocycles. The van der Waals surface area contributed by atoms with E-state index in [1.165, 1.54) is 0 Å². The number of benzene rings is 1. The quantitative estimate of drug-likeness (QED) is 0.804. The van der Waals surface area contributed by atoms with Crippen LogP contribution < -0.4 is 10.6 Å². The van der Waals surface area contributed by atoms with Crippen molar-refractivity contribution in [1.29, 1.82) is 0 Å². The average molecular weight is 301 g/mol. The van der Waals surface area contributed by atoms with Crippen LogP contribution in [0.2, 0.25) is 5.02 Å². The minimum absolute atomic E-state index is 0.269. The second kappa shape index (κ2) is 6.03. The fourth-order valence-corrected chi connectivity index (χ4v) is 3.30. The summed E-state index contributed by atoms with van der Waals surface area (Å²) in [7, 11) is 0. The monoisotopic (exact) mass is 300 g/mol. The average Bonchev–Trinajstić information content (AvgIpc) is 2.79. The van der Waals surface area contributed by atoms with Gasteiger partial charge in [0.1, 0.15) is 0 Å². The number of aryl methyl sites for hydroxylation is 1. The van der Waals surface area contributed by atoms with Crippen molar-refractivity contribution in [2.75, 3.05) is 23.4 Å². The van der Waals surface area contributed by atoms with Crippen molar-refractivity contribution in [2.45, 2.75) is 18.9 Å². The normalized spacial score (nSPS) is 22.3. The number of urea groups is 1. The Bertz CT molecular complexity index is 476. The molecule has 1 aromatic rings. The van der Waals surface area contributed by atoms with E-state index in [2.05, 4.69) is 10.6 Å². The Morgan fingerprint density at radius 2 is 2.37 bits per heavy atom. The lowest BCUT2D eigenvalue weighted by molar-refractivity contribution is 0.0706. The molecule has 6 heteroatoms. The van der Waals surface area contributed by atoms with Gasteiger partial charge in [-0.2, -0.15) is 11.8 Å². The van der Waals surface area contributed by atoms with E-state index < -0.39 is 5.60 Å². The highest BCUT2D eigenvalue weighted by Gasteiger charge is 2.31. The molecule has 1 unspecified atom stereocenters. The van der Waals surface area contributed by atoms with Crippen molar-refractivity contribution in [2.24, 2.45) is 0 Å². The molecule has 104 valence electrons. The SMILES string of the molecule is Cc1ccc(NC(=O)NCC2(O)CCSC2)cc1Cl. The summed E-state index contributed by atoms with van der Waals surface area (Å²) in [4.78, 5) is 11.7. The smallest absolute Gasteiger partial charge is 0.319 e. The first-order chi connectivity index (χ1) is 8.98. The number of aliphatic hydroxyl groups is 1. The third-order valence-electron chi connectivity index (χ3n) is 3.09. The van der Waals surface area contributed by atoms with Gasteiger partial charge in [-0.1, -0.05) is 17.7 Å². The maximum atomic E-state index is 11.7. The van der Waals surface area contributed by atoms with Crippen molar-refractivity contribution in [1.82, 2.24) is 5.32 Å². The Kier molecular flexibility index (Phi) is 4.60. The molecule has 0 saturated carbocycles. The number of amides is 2. The van der Waals surface area contributed by atoms with Gasteiger partial charge in [0.2, 0.25) is 0 Å². The first-order valence-corrected chi connectivity index (χ1v) is 7.63. The summed E-state index contributed by atoms with van der Waals surface area (Å²) < 4.78 is 0. The molecule has 19 heavy (non-hydrogen) atoms. The molecule has 1 atom stereocenters. The van der Waals surface area contributed by atoms with Crippen LogP contribution >= 0.6 is 23.4 Å². The molecule has 2 amide bonds. The Labute approximate surface area is 121 Å². The lowest BCUT2D eigenvalue weighted by atomic mass is 10.0. The molecule has 0 aliphatic carbocycles. The van der Waals surface area contributed by atoms with Gasteiger partial charge in [-0.05, 0) is 36.8 Å². The molecular formula is C13H17ClN2O2S. The van der Waals surface area contributed by atoms with E-state index in [9.17, 15) is 9.90 Å². The molecule has 0 radical (unpaired) electrons. The van der Waals surface area contributed by atoms with Gasteiger partial charge in [-0.15, -0.1) is 0 Å². The first-order valence-electron chi connectivity index (χ1n) is 6.10. The van der Waals surface area contributed by atoms with Crippen molar-refractivity contribution in [3.05, 3.63) is 28.8 Å². The molecule has 1 fully saturated rings. The Morgan fingerprint density at radius 1 is 1.58 bits per heavy atom. The second-order valence-corrected chi connectivity index (χ2v) is 6.31. The number of carbonyl (C=O) groups excluding carboxylic acids is 1. The molecule has 1 heterocycles. The van der Waals surface area contributed by atoms with E-state index in [4.69, 9.17) is 11.6 Å². The Morgan fingerprint density at radius 3 is 3.00 bits per heavy atom. The minimum atomic E-state index is -0.771. The summed E-state index contributed by atoms with van der Waals surface area (Å²) >= 11 is 7.69. The summed E-state index contributed by atoms with van der Waals surface area (Å²) in [5, 5.41) is 16.1. The summed E-state index contributed by atoms with van der Waals surface area (Å²) in [5.74, 6) is 1.61. The van der Waals surface area contributed by atoms with Crippen LogP contribution in [-0.4, -0.2) is 34.8 Å². The zero-order chi connectivity index (χ0) is 13.9. The fraction of sp³-hybridized carbons (Fsp3) is 0.462. The molecule has 3 N–H and O–H groups in total. The molecule has 1 aliphatic rings. The van der Waals surface area contributed by atoms with Crippen LogP contribution in [-0.2, 0) is 0 Å². The summed E-state index contributed by atoms with van der Waals surface area (Å²) in [6.45, 7) is 2.17. The van der Waals surface area contributed by atoms with Crippen molar-refractivity contribution < 1.29 is 9.90 Å². The van der Waals surface area contributed by atoms with Crippen molar-refractivity contribution >= 4 is 35.1 Å². The van der Waals surface area contributed by atoms with Gasteiger partial charge in [0.05, 0.1) is 5.60 Å². The van der Waals surface area contributed by atoms with Crippen LogP contribution in [0, 0.1) is 6.92 Å². The lowest BCUT2D eigenvalue weighted by Gasteiger charge is -2.21. The third kappa shape index (κ3) is 4.03. The van der Waals surface area contributed by atoms with Crippen LogP contribution in [0.1, 0.15) is 12.0 Å². The van der Waals surface area contributed by atoms with E-state index in [-0.39, 0.29) is 12.6 Å². The summed E-state index contributed by atoms with van der Waals surface area (Å²) in [6.07, 6.45) is 0.717. The number of thioether (sulfide) groups is 1. The molecule has 0 aromatic heterocycles. The molecular weight excluding hydrogens is 284 g/mol. The molecule has 0 spiro atoms. The van der Waals surface area contributed by atoms with Gasteiger partial charge in [0.15, 0.2) is 0 Å². The van der Waals surface area contributed by atoms with E-state index in [1.807, 2.05) is 13.0 Å². The maximum Gasteiger partial charge on any atom is 0.319 e. The van der Waals surface area contributed by atoms with E-state index in [0.717, 1.165) is 11.3 Å². The predicted molar refractivity (Wildman–Crippen MR) is 80.1 cm³/mol. The van der Waals surface area contributed by atoms with Gasteiger partial charge in [0.25, 0.3) is 0 Å². The largest absolute Gasteiger partial charge is 0.387 e. The zero-order valence-electron chi connectivity index (χ0n) is 10.7. The van der Waals surface area contributed by atoms with Gasteiger partial charge < -0.3 is 15.7 Å². The number of anilines is 1. The third-order valence-corrected chi connectivity index (χ3v) is 4.73. The highest BCUT2D eigenvalue weighted by atomic mass is 35.5. The molecule has 2 rings (SSSR count). The van der Waals surface area contributed by atoms with Crippen LogP contribution in [0.4, 0.5) is 10.5 Å². The van der Waals surface area contributed by atoms with Gasteiger partial charge >= 0.3 is 6.03 Å². The molecule has 1 saturated heterocycles. The number of halogens is 1. The highest BCUT2D eigenvalue weighted by Crippen LogP contribution is 2.27. The Balaban J connectivity index is 1.85. The van der Waals surface area contributed by atoms with E-state index in [1.54, 1.807) is 23.9 Å². The highest BCUT2D eigenvalue weighted by molar-refractivity contribution is 7.99.